The molecule has 0 aromatic heterocycles. The molecular formula is C17H18FN3O2. The van der Waals surface area contributed by atoms with Crippen LogP contribution in [0.1, 0.15) is 19.4 Å². The van der Waals surface area contributed by atoms with E-state index in [4.69, 9.17) is 5.26 Å². The van der Waals surface area contributed by atoms with Crippen molar-refractivity contribution in [2.24, 2.45) is 0 Å². The van der Waals surface area contributed by atoms with Crippen molar-refractivity contribution in [1.29, 1.82) is 5.26 Å². The predicted molar refractivity (Wildman–Crippen MR) is 83.5 cm³/mol. The second-order valence-electron chi connectivity index (χ2n) is 5.80. The molecule has 0 unspecified atom stereocenters. The number of hydrogen-bond acceptors (Lipinski definition) is 4. The van der Waals surface area contributed by atoms with Gasteiger partial charge in [-0.1, -0.05) is 0 Å². The molecule has 0 aliphatic carbocycles. The molecule has 2 rings (SSSR count). The summed E-state index contributed by atoms with van der Waals surface area (Å²) in [7, 11) is 0. The van der Waals surface area contributed by atoms with E-state index in [9.17, 15) is 14.3 Å². The van der Waals surface area contributed by atoms with Crippen molar-refractivity contribution in [3.63, 3.8) is 0 Å². The number of amides is 1. The van der Waals surface area contributed by atoms with Gasteiger partial charge in [0.05, 0.1) is 12.5 Å². The van der Waals surface area contributed by atoms with Gasteiger partial charge < -0.3 is 15.3 Å². The van der Waals surface area contributed by atoms with E-state index in [1.54, 1.807) is 18.4 Å². The maximum atomic E-state index is 13.1. The summed E-state index contributed by atoms with van der Waals surface area (Å²) in [5, 5.41) is 21.4. The average molecular weight is 315 g/mol. The third-order valence-electron chi connectivity index (χ3n) is 3.61. The van der Waals surface area contributed by atoms with E-state index in [-0.39, 0.29) is 23.6 Å². The van der Waals surface area contributed by atoms with Gasteiger partial charge >= 0.3 is 0 Å². The minimum atomic E-state index is -0.629. The maximum Gasteiger partial charge on any atom is 0.228 e. The fourth-order valence-electron chi connectivity index (χ4n) is 2.14. The van der Waals surface area contributed by atoms with E-state index < -0.39 is 11.4 Å². The molecule has 0 radical (unpaired) electrons. The monoisotopic (exact) mass is 315 g/mol. The van der Waals surface area contributed by atoms with Gasteiger partial charge in [0.15, 0.2) is 0 Å². The zero-order chi connectivity index (χ0) is 17.0. The van der Waals surface area contributed by atoms with Gasteiger partial charge in [-0.3, -0.25) is 4.79 Å². The maximum absolute atomic E-state index is 13.1. The van der Waals surface area contributed by atoms with Crippen molar-refractivity contribution in [3.8, 4) is 11.8 Å². The van der Waals surface area contributed by atoms with Crippen molar-refractivity contribution in [3.05, 3.63) is 53.6 Å². The van der Waals surface area contributed by atoms with E-state index >= 15 is 0 Å². The third-order valence-corrected chi connectivity index (χ3v) is 3.61. The summed E-state index contributed by atoms with van der Waals surface area (Å²) in [6, 6.07) is 5.70. The van der Waals surface area contributed by atoms with Crippen LogP contribution in [0.2, 0.25) is 0 Å². The van der Waals surface area contributed by atoms with Crippen molar-refractivity contribution < 1.29 is 14.3 Å². The number of phenols is 1. The van der Waals surface area contributed by atoms with Gasteiger partial charge in [-0.2, -0.15) is 5.26 Å². The van der Waals surface area contributed by atoms with E-state index in [1.807, 2.05) is 18.7 Å². The molecular weight excluding hydrogens is 297 g/mol. The van der Waals surface area contributed by atoms with Crippen LogP contribution < -0.4 is 5.32 Å². The first-order chi connectivity index (χ1) is 10.8. The van der Waals surface area contributed by atoms with Crippen molar-refractivity contribution in [2.75, 3.05) is 6.54 Å². The number of nitriles is 1. The lowest BCUT2D eigenvalue weighted by molar-refractivity contribution is -0.119. The Balaban J connectivity index is 1.96. The Labute approximate surface area is 134 Å². The Morgan fingerprint density at radius 3 is 2.87 bits per heavy atom. The topological polar surface area (TPSA) is 76.4 Å². The standard InChI is InChI=1S/C17H18FN3O2/c1-17(2,11-19)21-7-5-14(6-8-21)20-16(23)10-12-9-13(18)3-4-15(12)22/h3-7,9,22H,8,10H2,1-2H3,(H,20,23). The molecule has 0 atom stereocenters. The van der Waals surface area contributed by atoms with Crippen LogP contribution in [0.15, 0.2) is 42.2 Å². The SMILES string of the molecule is CC(C)(C#N)N1C=CC(NC(=O)Cc2cc(F)ccc2O)=CC1. The molecule has 2 N–H and O–H groups in total. The Morgan fingerprint density at radius 1 is 1.52 bits per heavy atom. The lowest BCUT2D eigenvalue weighted by Crippen LogP contribution is -2.40. The number of nitrogens with one attached hydrogen (secondary N) is 1. The van der Waals surface area contributed by atoms with Crippen LogP contribution >= 0.6 is 0 Å². The number of aromatic hydroxyl groups is 1. The summed E-state index contributed by atoms with van der Waals surface area (Å²) in [6.45, 7) is 4.11. The first kappa shape index (κ1) is 16.6. The second-order valence-corrected chi connectivity index (χ2v) is 5.80. The van der Waals surface area contributed by atoms with E-state index in [0.29, 0.717) is 12.2 Å². The summed E-state index contributed by atoms with van der Waals surface area (Å²) in [6.07, 6.45) is 5.12. The molecule has 0 bridgehead atoms. The number of carbonyl (C=O) groups is 1. The summed E-state index contributed by atoms with van der Waals surface area (Å²) in [5.41, 5.74) is 0.210. The minimum absolute atomic E-state index is 0.114. The number of rotatable bonds is 4. The van der Waals surface area contributed by atoms with Gasteiger partial charge in [0, 0.05) is 24.0 Å². The Morgan fingerprint density at radius 2 is 2.26 bits per heavy atom. The van der Waals surface area contributed by atoms with Crippen LogP contribution in [0.3, 0.4) is 0 Å². The van der Waals surface area contributed by atoms with Gasteiger partial charge in [-0.15, -0.1) is 0 Å². The summed E-state index contributed by atoms with van der Waals surface area (Å²) in [4.78, 5) is 13.8. The highest BCUT2D eigenvalue weighted by atomic mass is 19.1. The fraction of sp³-hybridized carbons (Fsp3) is 0.294. The molecule has 1 aromatic carbocycles. The summed E-state index contributed by atoms with van der Waals surface area (Å²) >= 11 is 0. The molecule has 5 nitrogen and oxygen atoms in total. The van der Waals surface area contributed by atoms with Crippen LogP contribution in [-0.2, 0) is 11.2 Å². The lowest BCUT2D eigenvalue weighted by atomic mass is 10.0. The first-order valence-electron chi connectivity index (χ1n) is 7.15. The van der Waals surface area contributed by atoms with Gasteiger partial charge in [0.2, 0.25) is 5.91 Å². The molecule has 1 amide bonds. The smallest absolute Gasteiger partial charge is 0.228 e. The van der Waals surface area contributed by atoms with Gasteiger partial charge in [0.1, 0.15) is 17.1 Å². The van der Waals surface area contributed by atoms with Crippen LogP contribution in [0, 0.1) is 17.1 Å². The number of carbonyl (C=O) groups excluding carboxylic acids is 1. The van der Waals surface area contributed by atoms with Gasteiger partial charge in [-0.25, -0.2) is 4.39 Å². The fourth-order valence-corrected chi connectivity index (χ4v) is 2.14. The predicted octanol–water partition coefficient (Wildman–Crippen LogP) is 2.21. The highest BCUT2D eigenvalue weighted by Gasteiger charge is 2.24. The molecule has 0 fully saturated rings. The molecule has 1 heterocycles. The number of allylic oxidation sites excluding steroid dienone is 1. The van der Waals surface area contributed by atoms with Crippen molar-refractivity contribution >= 4 is 5.91 Å². The summed E-state index contributed by atoms with van der Waals surface area (Å²) < 4.78 is 13.1. The van der Waals surface area contributed by atoms with Crippen LogP contribution in [0.25, 0.3) is 0 Å². The molecule has 6 heteroatoms. The van der Waals surface area contributed by atoms with Crippen LogP contribution in [0.4, 0.5) is 4.39 Å². The van der Waals surface area contributed by atoms with E-state index in [0.717, 1.165) is 12.1 Å². The number of benzene rings is 1. The first-order valence-corrected chi connectivity index (χ1v) is 7.15. The highest BCUT2D eigenvalue weighted by molar-refractivity contribution is 5.81. The zero-order valence-electron chi connectivity index (χ0n) is 13.0. The normalized spacial score (nSPS) is 14.2. The largest absolute Gasteiger partial charge is 0.508 e. The minimum Gasteiger partial charge on any atom is -0.508 e. The molecule has 0 saturated carbocycles. The quantitative estimate of drug-likeness (QED) is 0.893. The molecule has 1 aliphatic heterocycles. The molecule has 0 saturated heterocycles. The molecule has 23 heavy (non-hydrogen) atoms. The van der Waals surface area contributed by atoms with Crippen LogP contribution in [-0.4, -0.2) is 28.0 Å². The van der Waals surface area contributed by atoms with Crippen LogP contribution in [0.5, 0.6) is 5.75 Å². The zero-order valence-corrected chi connectivity index (χ0v) is 13.0. The van der Waals surface area contributed by atoms with Crippen molar-refractivity contribution in [2.45, 2.75) is 25.8 Å². The molecule has 120 valence electrons. The molecule has 1 aromatic rings. The van der Waals surface area contributed by atoms with Gasteiger partial charge in [-0.05, 0) is 44.2 Å². The molecule has 0 spiro atoms. The number of nitrogens with zero attached hydrogens (tertiary/aromatic N) is 2. The Bertz CT molecular complexity index is 717. The summed E-state index contributed by atoms with van der Waals surface area (Å²) in [5.74, 6) is -0.969. The Kier molecular flexibility index (Phi) is 4.70. The average Bonchev–Trinajstić information content (AvgIpc) is 2.51. The number of halogens is 1. The number of phenolic OH excluding ortho intramolecular Hbond substituents is 1. The number of hydrogen-bond donors (Lipinski definition) is 2. The Hall–Kier alpha value is -2.81. The molecule has 1 aliphatic rings. The second kappa shape index (κ2) is 6.53. The third kappa shape index (κ3) is 4.10. The highest BCUT2D eigenvalue weighted by Crippen LogP contribution is 2.19. The van der Waals surface area contributed by atoms with E-state index in [2.05, 4.69) is 11.4 Å². The van der Waals surface area contributed by atoms with E-state index in [1.165, 1.54) is 6.07 Å². The van der Waals surface area contributed by atoms with Crippen molar-refractivity contribution in [1.82, 2.24) is 10.2 Å². The lowest BCUT2D eigenvalue weighted by Gasteiger charge is -2.33. The van der Waals surface area contributed by atoms with Gasteiger partial charge in [0.25, 0.3) is 0 Å².